The minimum Gasteiger partial charge on any atom is -0.384 e. The number of morpholine rings is 1. The molecular weight excluding hydrogens is 608 g/mol. The summed E-state index contributed by atoms with van der Waals surface area (Å²) in [4.78, 5) is 28.8. The molecule has 2 atom stereocenters. The van der Waals surface area contributed by atoms with Crippen LogP contribution in [0.2, 0.25) is 0 Å². The van der Waals surface area contributed by atoms with Crippen molar-refractivity contribution in [1.82, 2.24) is 30.0 Å². The lowest BCUT2D eigenvalue weighted by Gasteiger charge is -2.37. The second-order valence-corrected chi connectivity index (χ2v) is 13.3. The molecule has 48 heavy (non-hydrogen) atoms. The number of nitrogens with one attached hydrogen (secondary N) is 2. The van der Waals surface area contributed by atoms with Gasteiger partial charge in [0, 0.05) is 76.0 Å². The normalized spacial score (nSPS) is 21.5. The van der Waals surface area contributed by atoms with Crippen LogP contribution in [0.4, 0.5) is 11.5 Å². The summed E-state index contributed by atoms with van der Waals surface area (Å²) in [6.45, 7) is 7.04. The summed E-state index contributed by atoms with van der Waals surface area (Å²) in [5.74, 6) is 2.33. The third-order valence-electron chi connectivity index (χ3n) is 10.3. The van der Waals surface area contributed by atoms with Crippen molar-refractivity contribution in [2.45, 2.75) is 31.4 Å². The number of hydrogen-bond donors (Lipinski definition) is 2. The summed E-state index contributed by atoms with van der Waals surface area (Å²) in [6, 6.07) is 16.7. The van der Waals surface area contributed by atoms with Gasteiger partial charge in [-0.2, -0.15) is 5.10 Å². The Hall–Kier alpha value is -4.10. The molecule has 0 spiro atoms. The molecular formula is C36H46N8O4. The summed E-state index contributed by atoms with van der Waals surface area (Å²) >= 11 is 0. The van der Waals surface area contributed by atoms with E-state index in [4.69, 9.17) is 14.2 Å². The highest BCUT2D eigenvalue weighted by molar-refractivity contribution is 5.92. The van der Waals surface area contributed by atoms with Crippen LogP contribution in [0, 0.1) is 5.41 Å². The second kappa shape index (κ2) is 14.6. The molecule has 254 valence electrons. The van der Waals surface area contributed by atoms with Crippen LogP contribution in [0.25, 0.3) is 22.3 Å². The smallest absolute Gasteiger partial charge is 0.236 e. The Morgan fingerprint density at radius 1 is 1.04 bits per heavy atom. The van der Waals surface area contributed by atoms with Gasteiger partial charge >= 0.3 is 0 Å². The number of aromatic nitrogens is 4. The Morgan fingerprint density at radius 3 is 2.54 bits per heavy atom. The van der Waals surface area contributed by atoms with Gasteiger partial charge in [-0.3, -0.25) is 14.8 Å². The predicted octanol–water partition coefficient (Wildman–Crippen LogP) is 3.99. The second-order valence-electron chi connectivity index (χ2n) is 13.3. The lowest BCUT2D eigenvalue weighted by molar-refractivity contribution is -0.133. The highest BCUT2D eigenvalue weighted by Crippen LogP contribution is 2.38. The van der Waals surface area contributed by atoms with Crippen LogP contribution in [-0.4, -0.2) is 122 Å². The van der Waals surface area contributed by atoms with Gasteiger partial charge in [-0.25, -0.2) is 9.97 Å². The van der Waals surface area contributed by atoms with Gasteiger partial charge in [0.05, 0.1) is 37.3 Å². The quantitative estimate of drug-likeness (QED) is 0.230. The van der Waals surface area contributed by atoms with E-state index in [2.05, 4.69) is 77.7 Å². The van der Waals surface area contributed by atoms with Gasteiger partial charge < -0.3 is 29.3 Å². The number of likely N-dealkylation sites (tertiary alicyclic amines) is 2. The number of hydrogen-bond acceptors (Lipinski definition) is 10. The highest BCUT2D eigenvalue weighted by atomic mass is 16.5. The number of carbonyl (C=O) groups excluding carboxylic acids is 1. The van der Waals surface area contributed by atoms with Crippen molar-refractivity contribution in [2.24, 2.45) is 5.41 Å². The first-order valence-corrected chi connectivity index (χ1v) is 17.0. The fraction of sp³-hybridized carbons (Fsp3) is 0.500. The van der Waals surface area contributed by atoms with E-state index in [9.17, 15) is 4.79 Å². The average Bonchev–Trinajstić information content (AvgIpc) is 3.76. The lowest BCUT2D eigenvalue weighted by atomic mass is 9.85. The number of piperidine rings is 1. The first-order chi connectivity index (χ1) is 23.5. The number of anilines is 2. The molecule has 1 amide bonds. The molecule has 0 saturated carbocycles. The number of aromatic amines is 1. The van der Waals surface area contributed by atoms with Crippen LogP contribution in [0.5, 0.6) is 0 Å². The zero-order valence-electron chi connectivity index (χ0n) is 27.9. The molecule has 3 aliphatic rings. The summed E-state index contributed by atoms with van der Waals surface area (Å²) in [5, 5.41) is 12.5. The van der Waals surface area contributed by atoms with Crippen molar-refractivity contribution >= 4 is 28.3 Å². The van der Waals surface area contributed by atoms with Crippen molar-refractivity contribution in [1.29, 1.82) is 0 Å². The largest absolute Gasteiger partial charge is 0.384 e. The lowest BCUT2D eigenvalue weighted by Crippen LogP contribution is -2.48. The topological polar surface area (TPSA) is 121 Å². The van der Waals surface area contributed by atoms with Gasteiger partial charge in [0.2, 0.25) is 5.91 Å². The summed E-state index contributed by atoms with van der Waals surface area (Å²) in [7, 11) is 3.48. The number of amides is 1. The fourth-order valence-corrected chi connectivity index (χ4v) is 7.64. The monoisotopic (exact) mass is 654 g/mol. The third kappa shape index (κ3) is 6.88. The molecule has 2 aromatic carbocycles. The van der Waals surface area contributed by atoms with Crippen LogP contribution < -0.4 is 10.2 Å². The summed E-state index contributed by atoms with van der Waals surface area (Å²) in [5.41, 5.74) is 3.97. The van der Waals surface area contributed by atoms with E-state index in [0.717, 1.165) is 85.8 Å². The van der Waals surface area contributed by atoms with Crippen LogP contribution in [0.3, 0.4) is 0 Å². The van der Waals surface area contributed by atoms with Crippen molar-refractivity contribution in [2.75, 3.05) is 90.1 Å². The van der Waals surface area contributed by atoms with E-state index < -0.39 is 0 Å². The molecule has 0 bridgehead atoms. The van der Waals surface area contributed by atoms with E-state index in [0.29, 0.717) is 38.8 Å². The molecule has 4 aromatic rings. The van der Waals surface area contributed by atoms with Crippen molar-refractivity contribution < 1.29 is 19.0 Å². The van der Waals surface area contributed by atoms with Gasteiger partial charge in [0.1, 0.15) is 6.23 Å². The van der Waals surface area contributed by atoms with E-state index in [1.807, 2.05) is 11.0 Å². The third-order valence-corrected chi connectivity index (χ3v) is 10.3. The Morgan fingerprint density at radius 2 is 1.81 bits per heavy atom. The predicted molar refractivity (Wildman–Crippen MR) is 185 cm³/mol. The number of H-pyrrole nitrogens is 1. The number of ether oxygens (including phenoxy) is 3. The maximum absolute atomic E-state index is 13.5. The molecule has 0 aliphatic carbocycles. The van der Waals surface area contributed by atoms with Crippen molar-refractivity contribution in [3.05, 3.63) is 66.5 Å². The molecule has 2 N–H and O–H groups in total. The Kier molecular flexibility index (Phi) is 9.85. The van der Waals surface area contributed by atoms with E-state index in [-0.39, 0.29) is 17.6 Å². The molecule has 2 unspecified atom stereocenters. The summed E-state index contributed by atoms with van der Waals surface area (Å²) in [6.07, 6.45) is 6.01. The molecule has 12 heteroatoms. The fourth-order valence-electron chi connectivity index (χ4n) is 7.64. The van der Waals surface area contributed by atoms with E-state index >= 15 is 0 Å². The van der Waals surface area contributed by atoms with Crippen LogP contribution in [0.15, 0.2) is 60.9 Å². The maximum Gasteiger partial charge on any atom is 0.236 e. The standard InChI is InChI=1S/C36H46N8O4/c1-46-25-36(35(47-2)39-29-8-9-31-30(22-29)34(41-40-31)44-18-20-48-21-19-44)12-17-42(24-36)23-32(45)43-15-10-27(11-16-43)26-4-6-28(7-5-26)33-37-13-3-14-38-33/h3-9,13-14,22,27,35,39H,10-12,15-21,23-25H2,1-2H3,(H,40,41). The molecule has 3 fully saturated rings. The summed E-state index contributed by atoms with van der Waals surface area (Å²) < 4.78 is 17.4. The number of rotatable bonds is 11. The minimum absolute atomic E-state index is 0.196. The molecule has 7 rings (SSSR count). The average molecular weight is 655 g/mol. The number of nitrogens with zero attached hydrogens (tertiary/aromatic N) is 6. The molecule has 0 radical (unpaired) electrons. The van der Waals surface area contributed by atoms with Crippen molar-refractivity contribution in [3.8, 4) is 11.4 Å². The number of fused-ring (bicyclic) bond motifs is 1. The number of benzene rings is 2. The van der Waals surface area contributed by atoms with Gasteiger partial charge in [-0.1, -0.05) is 24.3 Å². The number of carbonyl (C=O) groups is 1. The Bertz CT molecular complexity index is 1650. The zero-order chi connectivity index (χ0) is 32.9. The first-order valence-electron chi connectivity index (χ1n) is 17.0. The van der Waals surface area contributed by atoms with Gasteiger partial charge in [0.15, 0.2) is 11.6 Å². The van der Waals surface area contributed by atoms with E-state index in [1.165, 1.54) is 5.56 Å². The minimum atomic E-state index is -0.313. The molecule has 3 aliphatic heterocycles. The maximum atomic E-state index is 13.5. The van der Waals surface area contributed by atoms with Crippen molar-refractivity contribution in [3.63, 3.8) is 0 Å². The molecule has 5 heterocycles. The van der Waals surface area contributed by atoms with E-state index in [1.54, 1.807) is 26.6 Å². The highest BCUT2D eigenvalue weighted by Gasteiger charge is 2.46. The van der Waals surface area contributed by atoms with Gasteiger partial charge in [0.25, 0.3) is 0 Å². The van der Waals surface area contributed by atoms with Crippen LogP contribution in [-0.2, 0) is 19.0 Å². The van der Waals surface area contributed by atoms with Gasteiger partial charge in [-0.15, -0.1) is 0 Å². The Balaban J connectivity index is 0.955. The SMILES string of the molecule is COCC1(C(Nc2ccc3[nH]nc(N4CCOCC4)c3c2)OC)CCN(CC(=O)N2CCC(c3ccc(-c4ncccn4)cc3)CC2)C1. The Labute approximate surface area is 281 Å². The van der Waals surface area contributed by atoms with Crippen LogP contribution >= 0.6 is 0 Å². The molecule has 2 aromatic heterocycles. The number of methoxy groups -OCH3 is 2. The van der Waals surface area contributed by atoms with Crippen LogP contribution in [0.1, 0.15) is 30.7 Å². The molecule has 12 nitrogen and oxygen atoms in total. The first kappa shape index (κ1) is 32.4. The zero-order valence-corrected chi connectivity index (χ0v) is 27.9. The van der Waals surface area contributed by atoms with Gasteiger partial charge in [-0.05, 0) is 61.6 Å². The molecule has 3 saturated heterocycles.